The van der Waals surface area contributed by atoms with Gasteiger partial charge in [-0.2, -0.15) is 0 Å². The first-order valence-corrected chi connectivity index (χ1v) is 9.73. The third-order valence-electron chi connectivity index (χ3n) is 4.96. The minimum atomic E-state index is -0.200. The van der Waals surface area contributed by atoms with Gasteiger partial charge in [0, 0.05) is 19.1 Å². The molecule has 1 saturated heterocycles. The highest BCUT2D eigenvalue weighted by Gasteiger charge is 2.26. The van der Waals surface area contributed by atoms with E-state index in [0.29, 0.717) is 24.7 Å². The first-order chi connectivity index (χ1) is 14.1. The first kappa shape index (κ1) is 19.2. The molecule has 0 spiro atoms. The van der Waals surface area contributed by atoms with Crippen molar-refractivity contribution in [3.63, 3.8) is 0 Å². The molecule has 152 valence electrons. The van der Waals surface area contributed by atoms with Gasteiger partial charge in [0.15, 0.2) is 5.76 Å². The third kappa shape index (κ3) is 4.65. The van der Waals surface area contributed by atoms with Crippen LogP contribution in [0.1, 0.15) is 34.8 Å². The van der Waals surface area contributed by atoms with Crippen LogP contribution in [-0.2, 0) is 16.1 Å². The number of carbonyl (C=O) groups excluding carboxylic acids is 2. The number of nitrogens with zero attached hydrogens (tertiary/aromatic N) is 2. The zero-order chi connectivity index (χ0) is 20.2. The molecule has 1 atom stereocenters. The van der Waals surface area contributed by atoms with Gasteiger partial charge in [-0.3, -0.25) is 9.59 Å². The van der Waals surface area contributed by atoms with E-state index in [0.717, 1.165) is 29.4 Å². The van der Waals surface area contributed by atoms with Crippen LogP contribution >= 0.6 is 0 Å². The van der Waals surface area contributed by atoms with Gasteiger partial charge < -0.3 is 24.4 Å². The summed E-state index contributed by atoms with van der Waals surface area (Å²) >= 11 is 0. The number of aromatic amines is 1. The average molecular weight is 396 g/mol. The zero-order valence-corrected chi connectivity index (χ0v) is 16.3. The minimum Gasteiger partial charge on any atom is -0.459 e. The molecule has 1 aliphatic rings. The Kier molecular flexibility index (Phi) is 5.62. The number of rotatable bonds is 6. The number of furan rings is 1. The van der Waals surface area contributed by atoms with E-state index in [2.05, 4.69) is 15.3 Å². The molecule has 8 heteroatoms. The van der Waals surface area contributed by atoms with E-state index in [1.807, 2.05) is 25.1 Å². The number of H-pyrrole nitrogens is 1. The third-order valence-corrected chi connectivity index (χ3v) is 4.96. The summed E-state index contributed by atoms with van der Waals surface area (Å²) in [6.45, 7) is 3.32. The van der Waals surface area contributed by atoms with E-state index in [4.69, 9.17) is 9.15 Å². The number of amides is 2. The molecule has 0 aliphatic carbocycles. The van der Waals surface area contributed by atoms with Crippen molar-refractivity contribution in [3.8, 4) is 0 Å². The maximum absolute atomic E-state index is 12.4. The number of ether oxygens (including phenoxy) is 1. The molecule has 1 aromatic carbocycles. The van der Waals surface area contributed by atoms with Gasteiger partial charge in [-0.25, -0.2) is 4.98 Å². The summed E-state index contributed by atoms with van der Waals surface area (Å²) in [5.74, 6) is 0.659. The summed E-state index contributed by atoms with van der Waals surface area (Å²) in [6, 6.07) is 9.24. The van der Waals surface area contributed by atoms with Crippen molar-refractivity contribution < 1.29 is 18.7 Å². The lowest BCUT2D eigenvalue weighted by molar-refractivity contribution is -0.127. The normalized spacial score (nSPS) is 16.9. The van der Waals surface area contributed by atoms with Gasteiger partial charge >= 0.3 is 0 Å². The molecule has 3 heterocycles. The number of aromatic nitrogens is 2. The van der Waals surface area contributed by atoms with Crippen LogP contribution in [0.2, 0.25) is 0 Å². The van der Waals surface area contributed by atoms with Crippen molar-refractivity contribution in [1.29, 1.82) is 0 Å². The van der Waals surface area contributed by atoms with Gasteiger partial charge in [-0.15, -0.1) is 0 Å². The van der Waals surface area contributed by atoms with Crippen molar-refractivity contribution in [3.05, 3.63) is 53.7 Å². The Morgan fingerprint density at radius 1 is 1.38 bits per heavy atom. The van der Waals surface area contributed by atoms with Gasteiger partial charge in [0.1, 0.15) is 19.0 Å². The maximum atomic E-state index is 12.4. The summed E-state index contributed by atoms with van der Waals surface area (Å²) in [7, 11) is 0. The molecular formula is C21H24N4O4. The van der Waals surface area contributed by atoms with Gasteiger partial charge in [0.2, 0.25) is 5.91 Å². The van der Waals surface area contributed by atoms with Crippen molar-refractivity contribution in [2.24, 2.45) is 0 Å². The lowest BCUT2D eigenvalue weighted by Crippen LogP contribution is -2.50. The van der Waals surface area contributed by atoms with E-state index >= 15 is 0 Å². The highest BCUT2D eigenvalue weighted by molar-refractivity contribution is 5.91. The number of benzene rings is 1. The highest BCUT2D eigenvalue weighted by Crippen LogP contribution is 2.15. The fraction of sp³-hybridized carbons (Fsp3) is 0.381. The Morgan fingerprint density at radius 3 is 3.10 bits per heavy atom. The number of hydrogen-bond acceptors (Lipinski definition) is 5. The number of carbonyl (C=O) groups is 2. The Morgan fingerprint density at radius 2 is 2.28 bits per heavy atom. The molecule has 1 fully saturated rings. The summed E-state index contributed by atoms with van der Waals surface area (Å²) in [4.78, 5) is 34.0. The van der Waals surface area contributed by atoms with Crippen molar-refractivity contribution in [2.45, 2.75) is 32.4 Å². The average Bonchev–Trinajstić information content (AvgIpc) is 3.37. The predicted octanol–water partition coefficient (Wildman–Crippen LogP) is 2.40. The molecule has 4 rings (SSSR count). The topological polar surface area (TPSA) is 100 Å². The van der Waals surface area contributed by atoms with Crippen LogP contribution < -0.4 is 5.32 Å². The summed E-state index contributed by atoms with van der Waals surface area (Å²) < 4.78 is 10.7. The van der Waals surface area contributed by atoms with Crippen molar-refractivity contribution in [2.75, 3.05) is 19.7 Å². The molecular weight excluding hydrogens is 372 g/mol. The zero-order valence-electron chi connectivity index (χ0n) is 16.3. The van der Waals surface area contributed by atoms with Crippen LogP contribution in [0.4, 0.5) is 0 Å². The molecule has 1 unspecified atom stereocenters. The number of hydrogen-bond donors (Lipinski definition) is 2. The van der Waals surface area contributed by atoms with Crippen LogP contribution in [0.5, 0.6) is 0 Å². The summed E-state index contributed by atoms with van der Waals surface area (Å²) in [6.07, 6.45) is 3.14. The second-order valence-electron chi connectivity index (χ2n) is 7.33. The second-order valence-corrected chi connectivity index (χ2v) is 7.33. The molecule has 0 radical (unpaired) electrons. The maximum Gasteiger partial charge on any atom is 0.289 e. The lowest BCUT2D eigenvalue weighted by Gasteiger charge is -2.32. The largest absolute Gasteiger partial charge is 0.459 e. The predicted molar refractivity (Wildman–Crippen MR) is 106 cm³/mol. The molecule has 29 heavy (non-hydrogen) atoms. The Bertz CT molecular complexity index is 995. The molecule has 3 aromatic rings. The fourth-order valence-corrected chi connectivity index (χ4v) is 3.59. The van der Waals surface area contributed by atoms with Gasteiger partial charge in [0.05, 0.1) is 17.3 Å². The van der Waals surface area contributed by atoms with Crippen LogP contribution in [0.15, 0.2) is 41.0 Å². The molecule has 1 aliphatic heterocycles. The highest BCUT2D eigenvalue weighted by atomic mass is 16.5. The number of likely N-dealkylation sites (tertiary alicyclic amines) is 1. The minimum absolute atomic E-state index is 0.0568. The van der Waals surface area contributed by atoms with Gasteiger partial charge in [-0.05, 0) is 49.6 Å². The number of piperidine rings is 1. The second kappa shape index (κ2) is 8.48. The molecule has 0 bridgehead atoms. The molecule has 2 amide bonds. The van der Waals surface area contributed by atoms with Crippen LogP contribution in [0.3, 0.4) is 0 Å². The van der Waals surface area contributed by atoms with E-state index in [1.165, 1.54) is 6.26 Å². The van der Waals surface area contributed by atoms with E-state index in [1.54, 1.807) is 17.0 Å². The van der Waals surface area contributed by atoms with E-state index in [-0.39, 0.29) is 31.1 Å². The Labute approximate surface area is 168 Å². The summed E-state index contributed by atoms with van der Waals surface area (Å²) in [5.41, 5.74) is 2.98. The number of aryl methyl sites for hydroxylation is 1. The number of fused-ring (bicyclic) bond motifs is 1. The van der Waals surface area contributed by atoms with Gasteiger partial charge in [-0.1, -0.05) is 6.07 Å². The fourth-order valence-electron chi connectivity index (χ4n) is 3.59. The Balaban J connectivity index is 1.24. The van der Waals surface area contributed by atoms with E-state index in [9.17, 15) is 9.59 Å². The van der Waals surface area contributed by atoms with Crippen LogP contribution in [-0.4, -0.2) is 52.4 Å². The monoisotopic (exact) mass is 396 g/mol. The molecule has 8 nitrogen and oxygen atoms in total. The van der Waals surface area contributed by atoms with Crippen LogP contribution in [0, 0.1) is 6.92 Å². The number of imidazole rings is 1. The summed E-state index contributed by atoms with van der Waals surface area (Å²) in [5, 5.41) is 2.95. The lowest BCUT2D eigenvalue weighted by atomic mass is 10.1. The van der Waals surface area contributed by atoms with Crippen LogP contribution in [0.25, 0.3) is 11.0 Å². The molecule has 0 saturated carbocycles. The smallest absolute Gasteiger partial charge is 0.289 e. The standard InChI is InChI=1S/C21H24N4O4/c1-14-6-7-16-17(10-14)24-19(23-16)12-28-13-20(26)22-15-4-2-8-25(11-15)21(27)18-5-3-9-29-18/h3,5-7,9-10,15H,2,4,8,11-13H2,1H3,(H,22,26)(H,23,24). The first-order valence-electron chi connectivity index (χ1n) is 9.73. The molecule has 2 N–H and O–H groups in total. The Hall–Kier alpha value is -3.13. The SMILES string of the molecule is Cc1ccc2nc(COCC(=O)NC3CCCN(C(=O)c4ccco4)C3)[nH]c2c1. The number of nitrogens with one attached hydrogen (secondary N) is 2. The van der Waals surface area contributed by atoms with E-state index < -0.39 is 0 Å². The quantitative estimate of drug-likeness (QED) is 0.666. The van der Waals surface area contributed by atoms with Gasteiger partial charge in [0.25, 0.3) is 5.91 Å². The van der Waals surface area contributed by atoms with Crippen molar-refractivity contribution >= 4 is 22.8 Å². The van der Waals surface area contributed by atoms with Crippen molar-refractivity contribution in [1.82, 2.24) is 20.2 Å². The molecule has 2 aromatic heterocycles.